The molecule has 3 nitrogen and oxygen atoms in total. The van der Waals surface area contributed by atoms with E-state index in [1.165, 1.54) is 11.3 Å². The molecule has 0 aliphatic heterocycles. The maximum absolute atomic E-state index is 11.8. The van der Waals surface area contributed by atoms with Crippen LogP contribution in [0.3, 0.4) is 0 Å². The third-order valence-corrected chi connectivity index (χ3v) is 3.54. The number of halogens is 1. The maximum atomic E-state index is 11.8. The first kappa shape index (κ1) is 11.5. The van der Waals surface area contributed by atoms with Crippen LogP contribution in [0.4, 0.5) is 5.13 Å². The van der Waals surface area contributed by atoms with Crippen molar-refractivity contribution in [1.82, 2.24) is 4.98 Å². The Bertz CT molecular complexity index is 507. The summed E-state index contributed by atoms with van der Waals surface area (Å²) in [6.07, 6.45) is 0. The van der Waals surface area contributed by atoms with Crippen LogP contribution >= 0.6 is 33.9 Å². The number of benzene rings is 1. The van der Waals surface area contributed by atoms with Gasteiger partial charge in [0.05, 0.1) is 5.69 Å². The molecule has 0 spiro atoms. The molecule has 1 heterocycles. The van der Waals surface area contributed by atoms with Gasteiger partial charge in [-0.3, -0.25) is 10.1 Å². The lowest BCUT2D eigenvalue weighted by Gasteiger charge is -2.01. The van der Waals surface area contributed by atoms with Crippen LogP contribution in [0.2, 0.25) is 0 Å². The van der Waals surface area contributed by atoms with Crippen LogP contribution in [0, 0.1) is 10.5 Å². The molecule has 16 heavy (non-hydrogen) atoms. The molecule has 0 bridgehead atoms. The first-order chi connectivity index (χ1) is 7.65. The Kier molecular flexibility index (Phi) is 3.55. The molecule has 1 amide bonds. The first-order valence-electron chi connectivity index (χ1n) is 4.64. The van der Waals surface area contributed by atoms with E-state index in [0.717, 1.165) is 9.26 Å². The molecule has 82 valence electrons. The number of rotatable bonds is 2. The van der Waals surface area contributed by atoms with Crippen molar-refractivity contribution in [2.45, 2.75) is 6.92 Å². The predicted molar refractivity (Wildman–Crippen MR) is 74.0 cm³/mol. The maximum Gasteiger partial charge on any atom is 0.257 e. The second-order valence-electron chi connectivity index (χ2n) is 3.26. The van der Waals surface area contributed by atoms with Gasteiger partial charge in [-0.15, -0.1) is 11.3 Å². The molecule has 0 fully saturated rings. The molecule has 1 aromatic heterocycles. The molecule has 2 rings (SSSR count). The molecule has 0 saturated carbocycles. The van der Waals surface area contributed by atoms with Gasteiger partial charge < -0.3 is 0 Å². The number of aryl methyl sites for hydroxylation is 1. The largest absolute Gasteiger partial charge is 0.298 e. The van der Waals surface area contributed by atoms with Gasteiger partial charge in [0.1, 0.15) is 0 Å². The Morgan fingerprint density at radius 3 is 2.62 bits per heavy atom. The van der Waals surface area contributed by atoms with Crippen LogP contribution in [-0.4, -0.2) is 10.9 Å². The van der Waals surface area contributed by atoms with E-state index in [1.54, 1.807) is 12.1 Å². The van der Waals surface area contributed by atoms with Crippen molar-refractivity contribution >= 4 is 45.0 Å². The smallest absolute Gasteiger partial charge is 0.257 e. The standard InChI is InChI=1S/C11H9IN2OS/c1-7-6-16-11(13-7)14-10(15)8-2-4-9(12)5-3-8/h2-6H,1H3,(H,13,14,15). The molecule has 0 aliphatic carbocycles. The third-order valence-electron chi connectivity index (χ3n) is 1.95. The molecule has 0 unspecified atom stereocenters. The fraction of sp³-hybridized carbons (Fsp3) is 0.0909. The van der Waals surface area contributed by atoms with Crippen LogP contribution in [-0.2, 0) is 0 Å². The van der Waals surface area contributed by atoms with Gasteiger partial charge in [-0.25, -0.2) is 4.98 Å². The van der Waals surface area contributed by atoms with Gasteiger partial charge in [-0.05, 0) is 53.8 Å². The molecule has 0 atom stereocenters. The molecule has 1 aromatic carbocycles. The minimum absolute atomic E-state index is 0.120. The average molecular weight is 344 g/mol. The number of nitrogens with zero attached hydrogens (tertiary/aromatic N) is 1. The van der Waals surface area contributed by atoms with Crippen molar-refractivity contribution in [3.05, 3.63) is 44.5 Å². The normalized spacial score (nSPS) is 10.1. The van der Waals surface area contributed by atoms with Crippen LogP contribution in [0.15, 0.2) is 29.6 Å². The number of carbonyl (C=O) groups is 1. The lowest BCUT2D eigenvalue weighted by Crippen LogP contribution is -2.11. The lowest BCUT2D eigenvalue weighted by atomic mass is 10.2. The van der Waals surface area contributed by atoms with Crippen molar-refractivity contribution < 1.29 is 4.79 Å². The van der Waals surface area contributed by atoms with E-state index in [-0.39, 0.29) is 5.91 Å². The summed E-state index contributed by atoms with van der Waals surface area (Å²) in [5, 5.41) is 5.31. The topological polar surface area (TPSA) is 42.0 Å². The van der Waals surface area contributed by atoms with Gasteiger partial charge in [0, 0.05) is 14.5 Å². The summed E-state index contributed by atoms with van der Waals surface area (Å²) in [4.78, 5) is 16.0. The Labute approximate surface area is 111 Å². The summed E-state index contributed by atoms with van der Waals surface area (Å²) >= 11 is 3.64. The number of hydrogen-bond acceptors (Lipinski definition) is 3. The van der Waals surface area contributed by atoms with Crippen molar-refractivity contribution in [2.24, 2.45) is 0 Å². The molecule has 1 N–H and O–H groups in total. The molecule has 2 aromatic rings. The number of aromatic nitrogens is 1. The highest BCUT2D eigenvalue weighted by Crippen LogP contribution is 2.16. The number of hydrogen-bond donors (Lipinski definition) is 1. The monoisotopic (exact) mass is 344 g/mol. The fourth-order valence-corrected chi connectivity index (χ4v) is 2.22. The van der Waals surface area contributed by atoms with Gasteiger partial charge in [0.15, 0.2) is 5.13 Å². The summed E-state index contributed by atoms with van der Waals surface area (Å²) in [6, 6.07) is 7.42. The second-order valence-corrected chi connectivity index (χ2v) is 5.36. The lowest BCUT2D eigenvalue weighted by molar-refractivity contribution is 0.102. The van der Waals surface area contributed by atoms with E-state index >= 15 is 0 Å². The van der Waals surface area contributed by atoms with Gasteiger partial charge in [0.2, 0.25) is 0 Å². The van der Waals surface area contributed by atoms with E-state index in [0.29, 0.717) is 10.7 Å². The second kappa shape index (κ2) is 4.92. The zero-order chi connectivity index (χ0) is 11.5. The highest BCUT2D eigenvalue weighted by Gasteiger charge is 2.07. The van der Waals surface area contributed by atoms with Crippen LogP contribution in [0.25, 0.3) is 0 Å². The van der Waals surface area contributed by atoms with Crippen molar-refractivity contribution in [1.29, 1.82) is 0 Å². The summed E-state index contributed by atoms with van der Waals surface area (Å²) in [5.41, 5.74) is 1.57. The zero-order valence-electron chi connectivity index (χ0n) is 8.53. The summed E-state index contributed by atoms with van der Waals surface area (Å²) in [7, 11) is 0. The highest BCUT2D eigenvalue weighted by atomic mass is 127. The fourth-order valence-electron chi connectivity index (χ4n) is 1.18. The van der Waals surface area contributed by atoms with Crippen molar-refractivity contribution in [3.63, 3.8) is 0 Å². The van der Waals surface area contributed by atoms with Gasteiger partial charge in [-0.2, -0.15) is 0 Å². The summed E-state index contributed by atoms with van der Waals surface area (Å²) in [6.45, 7) is 1.90. The SMILES string of the molecule is Cc1csc(NC(=O)c2ccc(I)cc2)n1. The summed E-state index contributed by atoms with van der Waals surface area (Å²) in [5.74, 6) is -0.120. The van der Waals surface area contributed by atoms with Crippen LogP contribution < -0.4 is 5.32 Å². The van der Waals surface area contributed by atoms with Crippen LogP contribution in [0.1, 0.15) is 16.1 Å². The highest BCUT2D eigenvalue weighted by molar-refractivity contribution is 14.1. The van der Waals surface area contributed by atoms with E-state index in [2.05, 4.69) is 32.9 Å². The van der Waals surface area contributed by atoms with Crippen LogP contribution in [0.5, 0.6) is 0 Å². The Morgan fingerprint density at radius 2 is 2.06 bits per heavy atom. The van der Waals surface area contributed by atoms with Gasteiger partial charge >= 0.3 is 0 Å². The number of thiazole rings is 1. The van der Waals surface area contributed by atoms with Gasteiger partial charge in [0.25, 0.3) is 5.91 Å². The molecule has 5 heteroatoms. The summed E-state index contributed by atoms with van der Waals surface area (Å²) < 4.78 is 1.11. The number of amides is 1. The predicted octanol–water partition coefficient (Wildman–Crippen LogP) is 3.31. The molecule has 0 aliphatic rings. The zero-order valence-corrected chi connectivity index (χ0v) is 11.5. The number of anilines is 1. The van der Waals surface area contributed by atoms with E-state index < -0.39 is 0 Å². The van der Waals surface area contributed by atoms with Crippen molar-refractivity contribution in [2.75, 3.05) is 5.32 Å². The molecule has 0 radical (unpaired) electrons. The van der Waals surface area contributed by atoms with Gasteiger partial charge in [-0.1, -0.05) is 0 Å². The number of carbonyl (C=O) groups excluding carboxylic acids is 1. The quantitative estimate of drug-likeness (QED) is 0.850. The molecular weight excluding hydrogens is 335 g/mol. The first-order valence-corrected chi connectivity index (χ1v) is 6.60. The van der Waals surface area contributed by atoms with E-state index in [9.17, 15) is 4.79 Å². The van der Waals surface area contributed by atoms with E-state index in [4.69, 9.17) is 0 Å². The molecular formula is C11H9IN2OS. The van der Waals surface area contributed by atoms with E-state index in [1.807, 2.05) is 24.4 Å². The average Bonchev–Trinajstić information content (AvgIpc) is 2.65. The Hall–Kier alpha value is -0.950. The third kappa shape index (κ3) is 2.79. The Balaban J connectivity index is 2.11. The minimum atomic E-state index is -0.120. The number of nitrogens with one attached hydrogen (secondary N) is 1. The minimum Gasteiger partial charge on any atom is -0.298 e. The molecule has 0 saturated heterocycles. The Morgan fingerprint density at radius 1 is 1.38 bits per heavy atom. The van der Waals surface area contributed by atoms with Crippen molar-refractivity contribution in [3.8, 4) is 0 Å².